The first-order valence-corrected chi connectivity index (χ1v) is 10.2. The van der Waals surface area contributed by atoms with E-state index in [1.54, 1.807) is 0 Å². The van der Waals surface area contributed by atoms with Crippen molar-refractivity contribution >= 4 is 5.78 Å². The predicted molar refractivity (Wildman–Crippen MR) is 108 cm³/mol. The molecule has 0 heterocycles. The van der Waals surface area contributed by atoms with E-state index in [1.165, 1.54) is 60.8 Å². The molecule has 1 heteroatoms. The zero-order chi connectivity index (χ0) is 18.4. The molecule has 0 aliphatic heterocycles. The number of carbonyl (C=O) groups is 1. The first-order valence-electron chi connectivity index (χ1n) is 10.2. The quantitative estimate of drug-likeness (QED) is 0.564. The maximum Gasteiger partial charge on any atom is 0.194 e. The van der Waals surface area contributed by atoms with Gasteiger partial charge in [-0.1, -0.05) is 37.1 Å². The van der Waals surface area contributed by atoms with Gasteiger partial charge in [0.1, 0.15) is 0 Å². The molecule has 0 saturated heterocycles. The molecule has 2 aromatic rings. The van der Waals surface area contributed by atoms with Gasteiger partial charge >= 0.3 is 0 Å². The number of aryl methyl sites for hydroxylation is 2. The third-order valence-electron chi connectivity index (χ3n) is 6.97. The first-order chi connectivity index (χ1) is 12.5. The SMILES string of the molecule is Cc1ccc(C2CCC2)c(C)c1C(=O)c1c(C)ccc(C2CCC2)c1C. The van der Waals surface area contributed by atoms with Gasteiger partial charge in [-0.3, -0.25) is 4.79 Å². The van der Waals surface area contributed by atoms with Gasteiger partial charge in [-0.25, -0.2) is 0 Å². The largest absolute Gasteiger partial charge is 0.289 e. The van der Waals surface area contributed by atoms with E-state index in [4.69, 9.17) is 0 Å². The topological polar surface area (TPSA) is 17.1 Å². The monoisotopic (exact) mass is 346 g/mol. The average Bonchev–Trinajstić information content (AvgIpc) is 2.49. The van der Waals surface area contributed by atoms with Crippen LogP contribution in [0.2, 0.25) is 0 Å². The normalized spacial score (nSPS) is 17.7. The molecule has 0 unspecified atom stereocenters. The van der Waals surface area contributed by atoms with E-state index in [-0.39, 0.29) is 5.78 Å². The summed E-state index contributed by atoms with van der Waals surface area (Å²) in [6, 6.07) is 8.84. The number of ketones is 1. The molecule has 2 aromatic carbocycles. The highest BCUT2D eigenvalue weighted by Gasteiger charge is 2.28. The van der Waals surface area contributed by atoms with Gasteiger partial charge < -0.3 is 0 Å². The van der Waals surface area contributed by atoms with Crippen LogP contribution in [0.15, 0.2) is 24.3 Å². The van der Waals surface area contributed by atoms with Crippen molar-refractivity contribution in [3.05, 3.63) is 68.8 Å². The van der Waals surface area contributed by atoms with Crippen molar-refractivity contribution in [2.45, 2.75) is 78.1 Å². The molecule has 0 aromatic heterocycles. The molecule has 2 saturated carbocycles. The molecule has 136 valence electrons. The Morgan fingerprint density at radius 1 is 0.692 bits per heavy atom. The molecule has 0 spiro atoms. The number of rotatable bonds is 4. The number of benzene rings is 2. The second-order valence-corrected chi connectivity index (χ2v) is 8.53. The Hall–Kier alpha value is -1.89. The van der Waals surface area contributed by atoms with Crippen molar-refractivity contribution in [2.24, 2.45) is 0 Å². The number of hydrogen-bond donors (Lipinski definition) is 0. The Labute approximate surface area is 157 Å². The van der Waals surface area contributed by atoms with Crippen LogP contribution in [-0.4, -0.2) is 5.78 Å². The fraction of sp³-hybridized carbons (Fsp3) is 0.480. The first kappa shape index (κ1) is 17.5. The fourth-order valence-electron chi connectivity index (χ4n) is 4.87. The molecule has 0 N–H and O–H groups in total. The van der Waals surface area contributed by atoms with Gasteiger partial charge in [0.25, 0.3) is 0 Å². The van der Waals surface area contributed by atoms with Crippen LogP contribution in [0.3, 0.4) is 0 Å². The van der Waals surface area contributed by atoms with Crippen LogP contribution in [0.25, 0.3) is 0 Å². The van der Waals surface area contributed by atoms with E-state index in [2.05, 4.69) is 52.0 Å². The van der Waals surface area contributed by atoms with Crippen LogP contribution < -0.4 is 0 Å². The van der Waals surface area contributed by atoms with Crippen LogP contribution in [-0.2, 0) is 0 Å². The molecule has 0 radical (unpaired) electrons. The van der Waals surface area contributed by atoms with Crippen molar-refractivity contribution in [1.82, 2.24) is 0 Å². The summed E-state index contributed by atoms with van der Waals surface area (Å²) in [5, 5.41) is 0. The Bertz CT molecular complexity index is 795. The van der Waals surface area contributed by atoms with Crippen molar-refractivity contribution in [1.29, 1.82) is 0 Å². The summed E-state index contributed by atoms with van der Waals surface area (Å²) in [4.78, 5) is 13.7. The van der Waals surface area contributed by atoms with E-state index in [0.717, 1.165) is 22.3 Å². The van der Waals surface area contributed by atoms with E-state index in [1.807, 2.05) is 0 Å². The lowest BCUT2D eigenvalue weighted by Gasteiger charge is -2.30. The van der Waals surface area contributed by atoms with Crippen LogP contribution in [0.1, 0.15) is 99.7 Å². The Morgan fingerprint density at radius 2 is 1.08 bits per heavy atom. The summed E-state index contributed by atoms with van der Waals surface area (Å²) in [5.41, 5.74) is 9.36. The lowest BCUT2D eigenvalue weighted by Crippen LogP contribution is -2.17. The lowest BCUT2D eigenvalue weighted by molar-refractivity contribution is 0.103. The molecule has 0 atom stereocenters. The van der Waals surface area contributed by atoms with Gasteiger partial charge in [0.05, 0.1) is 0 Å². The zero-order valence-electron chi connectivity index (χ0n) is 16.6. The lowest BCUT2D eigenvalue weighted by atomic mass is 9.74. The third-order valence-corrected chi connectivity index (χ3v) is 6.97. The summed E-state index contributed by atoms with van der Waals surface area (Å²) < 4.78 is 0. The molecular weight excluding hydrogens is 316 g/mol. The molecular formula is C25H30O. The standard InChI is InChI=1S/C25H30O/c1-15-11-13-21(19-7-5-8-19)17(3)23(15)25(26)24-16(2)12-14-22(18(24)4)20-9-6-10-20/h11-14,19-20H,5-10H2,1-4H3. The van der Waals surface area contributed by atoms with Gasteiger partial charge in [0.15, 0.2) is 5.78 Å². The highest BCUT2D eigenvalue weighted by atomic mass is 16.1. The van der Waals surface area contributed by atoms with Crippen molar-refractivity contribution in [3.8, 4) is 0 Å². The van der Waals surface area contributed by atoms with Crippen molar-refractivity contribution in [2.75, 3.05) is 0 Å². The average molecular weight is 347 g/mol. The molecule has 0 amide bonds. The second-order valence-electron chi connectivity index (χ2n) is 8.53. The minimum Gasteiger partial charge on any atom is -0.289 e. The minimum atomic E-state index is 0.234. The van der Waals surface area contributed by atoms with E-state index >= 15 is 0 Å². The Kier molecular flexibility index (Phi) is 4.50. The van der Waals surface area contributed by atoms with Gasteiger partial charge in [-0.2, -0.15) is 0 Å². The summed E-state index contributed by atoms with van der Waals surface area (Å²) in [7, 11) is 0. The van der Waals surface area contributed by atoms with Gasteiger partial charge in [0, 0.05) is 11.1 Å². The maximum absolute atomic E-state index is 13.7. The van der Waals surface area contributed by atoms with E-state index in [0.29, 0.717) is 11.8 Å². The molecule has 2 aliphatic carbocycles. The van der Waals surface area contributed by atoms with Gasteiger partial charge in [0.2, 0.25) is 0 Å². The Morgan fingerprint density at radius 3 is 1.38 bits per heavy atom. The van der Waals surface area contributed by atoms with Crippen LogP contribution >= 0.6 is 0 Å². The molecule has 0 bridgehead atoms. The molecule has 2 fully saturated rings. The Balaban J connectivity index is 1.81. The summed E-state index contributed by atoms with van der Waals surface area (Å²) in [5.74, 6) is 1.55. The zero-order valence-corrected chi connectivity index (χ0v) is 16.6. The maximum atomic E-state index is 13.7. The summed E-state index contributed by atoms with van der Waals surface area (Å²) in [6.45, 7) is 8.50. The summed E-state index contributed by atoms with van der Waals surface area (Å²) >= 11 is 0. The third kappa shape index (κ3) is 2.73. The number of carbonyl (C=O) groups excluding carboxylic acids is 1. The second kappa shape index (κ2) is 6.68. The smallest absolute Gasteiger partial charge is 0.194 e. The fourth-order valence-corrected chi connectivity index (χ4v) is 4.87. The molecule has 4 rings (SSSR count). The highest BCUT2D eigenvalue weighted by Crippen LogP contribution is 2.41. The van der Waals surface area contributed by atoms with E-state index < -0.39 is 0 Å². The van der Waals surface area contributed by atoms with Crippen molar-refractivity contribution < 1.29 is 4.79 Å². The van der Waals surface area contributed by atoms with Crippen LogP contribution in [0, 0.1) is 27.7 Å². The summed E-state index contributed by atoms with van der Waals surface area (Å²) in [6.07, 6.45) is 7.73. The highest BCUT2D eigenvalue weighted by molar-refractivity contribution is 6.12. The minimum absolute atomic E-state index is 0.234. The molecule has 1 nitrogen and oxygen atoms in total. The van der Waals surface area contributed by atoms with Gasteiger partial charge in [-0.05, 0) is 98.6 Å². The number of hydrogen-bond acceptors (Lipinski definition) is 1. The van der Waals surface area contributed by atoms with E-state index in [9.17, 15) is 4.79 Å². The van der Waals surface area contributed by atoms with Gasteiger partial charge in [-0.15, -0.1) is 0 Å². The molecule has 26 heavy (non-hydrogen) atoms. The van der Waals surface area contributed by atoms with Crippen LogP contribution in [0.5, 0.6) is 0 Å². The molecule has 2 aliphatic rings. The van der Waals surface area contributed by atoms with Crippen molar-refractivity contribution in [3.63, 3.8) is 0 Å². The predicted octanol–water partition coefficient (Wildman–Crippen LogP) is 6.69. The van der Waals surface area contributed by atoms with Crippen LogP contribution in [0.4, 0.5) is 0 Å².